The van der Waals surface area contributed by atoms with Crippen LogP contribution >= 0.6 is 12.4 Å². The van der Waals surface area contributed by atoms with Crippen molar-refractivity contribution in [2.75, 3.05) is 25.0 Å². The minimum atomic E-state index is -3.68. The zero-order chi connectivity index (χ0) is 19.9. The number of benzene rings is 1. The molecule has 0 aliphatic carbocycles. The normalized spacial score (nSPS) is 16.9. The second kappa shape index (κ2) is 11.4. The molecule has 10 heteroatoms. The van der Waals surface area contributed by atoms with Crippen LogP contribution in [0, 0.1) is 0 Å². The van der Waals surface area contributed by atoms with Crippen molar-refractivity contribution in [2.45, 2.75) is 50.0 Å². The summed E-state index contributed by atoms with van der Waals surface area (Å²) in [6.07, 6.45) is 3.53. The van der Waals surface area contributed by atoms with E-state index in [0.717, 1.165) is 19.3 Å². The van der Waals surface area contributed by atoms with E-state index < -0.39 is 16.1 Å². The number of nitrogens with two attached hydrogens (primary N) is 1. The van der Waals surface area contributed by atoms with Crippen LogP contribution in [0.25, 0.3) is 0 Å². The van der Waals surface area contributed by atoms with Gasteiger partial charge in [-0.15, -0.1) is 12.4 Å². The highest BCUT2D eigenvalue weighted by atomic mass is 35.5. The number of hydrogen-bond acceptors (Lipinski definition) is 5. The number of piperidine rings is 1. The molecule has 0 spiro atoms. The fraction of sp³-hybridized carbons (Fsp3) is 0.556. The molecule has 1 fully saturated rings. The Hall–Kier alpha value is -1.68. The maximum atomic E-state index is 12.7. The Morgan fingerprint density at radius 2 is 2.04 bits per heavy atom. The Labute approximate surface area is 172 Å². The van der Waals surface area contributed by atoms with Crippen LogP contribution in [0.1, 0.15) is 39.0 Å². The number of halogens is 1. The molecule has 4 N–H and O–H groups in total. The first-order valence-corrected chi connectivity index (χ1v) is 10.8. The summed E-state index contributed by atoms with van der Waals surface area (Å²) < 4.78 is 26.8. The van der Waals surface area contributed by atoms with Crippen molar-refractivity contribution in [1.82, 2.24) is 9.62 Å². The van der Waals surface area contributed by atoms with E-state index in [2.05, 4.69) is 10.0 Å². The van der Waals surface area contributed by atoms with E-state index >= 15 is 0 Å². The minimum Gasteiger partial charge on any atom is -0.331 e. The maximum Gasteiger partial charge on any atom is 0.247 e. The highest BCUT2D eigenvalue weighted by Crippen LogP contribution is 2.21. The fourth-order valence-electron chi connectivity index (χ4n) is 3.10. The van der Waals surface area contributed by atoms with Gasteiger partial charge in [0.1, 0.15) is 6.04 Å². The third kappa shape index (κ3) is 6.44. The molecular formula is C18H29ClN4O4S. The first kappa shape index (κ1) is 24.4. The summed E-state index contributed by atoms with van der Waals surface area (Å²) in [5, 5.41) is 2.76. The lowest BCUT2D eigenvalue weighted by atomic mass is 10.0. The molecule has 0 radical (unpaired) electrons. The lowest BCUT2D eigenvalue weighted by Gasteiger charge is -2.34. The number of hydrogen-bond donors (Lipinski definition) is 3. The molecule has 2 rings (SSSR count). The lowest BCUT2D eigenvalue weighted by Crippen LogP contribution is -2.49. The van der Waals surface area contributed by atoms with Crippen molar-refractivity contribution < 1.29 is 18.0 Å². The van der Waals surface area contributed by atoms with Crippen molar-refractivity contribution in [3.63, 3.8) is 0 Å². The number of carbonyl (C=O) groups is 2. The Morgan fingerprint density at radius 1 is 1.29 bits per heavy atom. The summed E-state index contributed by atoms with van der Waals surface area (Å²) in [6.45, 7) is 2.84. The van der Waals surface area contributed by atoms with E-state index in [1.54, 1.807) is 17.0 Å². The van der Waals surface area contributed by atoms with Gasteiger partial charge in [0.2, 0.25) is 21.8 Å². The van der Waals surface area contributed by atoms with Crippen LogP contribution in [0.4, 0.5) is 5.69 Å². The van der Waals surface area contributed by atoms with E-state index in [9.17, 15) is 18.0 Å². The molecule has 8 nitrogen and oxygen atoms in total. The van der Waals surface area contributed by atoms with Gasteiger partial charge < -0.3 is 16.0 Å². The molecule has 1 aliphatic heterocycles. The van der Waals surface area contributed by atoms with Gasteiger partial charge in [0.25, 0.3) is 0 Å². The second-order valence-corrected chi connectivity index (χ2v) is 8.32. The largest absolute Gasteiger partial charge is 0.331 e. The quantitative estimate of drug-likeness (QED) is 0.574. The van der Waals surface area contributed by atoms with E-state index in [4.69, 9.17) is 5.73 Å². The van der Waals surface area contributed by atoms with Crippen molar-refractivity contribution >= 4 is 39.9 Å². The SMILES string of the molecule is CCCC(=O)N1CCCCC1C(=O)Nc1cccc(S(=O)(=O)NCCN)c1.Cl. The average Bonchev–Trinajstić information content (AvgIpc) is 2.67. The number of likely N-dealkylation sites (tertiary alicyclic amines) is 1. The van der Waals surface area contributed by atoms with Gasteiger partial charge in [-0.2, -0.15) is 0 Å². The summed E-state index contributed by atoms with van der Waals surface area (Å²) >= 11 is 0. The predicted molar refractivity (Wildman–Crippen MR) is 111 cm³/mol. The van der Waals surface area contributed by atoms with Crippen molar-refractivity contribution in [2.24, 2.45) is 5.73 Å². The van der Waals surface area contributed by atoms with Crippen LogP contribution < -0.4 is 15.8 Å². The molecule has 0 aromatic heterocycles. The number of rotatable bonds is 8. The molecule has 158 valence electrons. The second-order valence-electron chi connectivity index (χ2n) is 6.55. The first-order chi connectivity index (χ1) is 12.9. The van der Waals surface area contributed by atoms with Gasteiger partial charge in [-0.25, -0.2) is 13.1 Å². The van der Waals surface area contributed by atoms with Gasteiger partial charge in [-0.3, -0.25) is 9.59 Å². The number of carbonyl (C=O) groups excluding carboxylic acids is 2. The van der Waals surface area contributed by atoms with Crippen LogP contribution in [0.15, 0.2) is 29.2 Å². The summed E-state index contributed by atoms with van der Waals surface area (Å²) in [7, 11) is -3.68. The van der Waals surface area contributed by atoms with Crippen molar-refractivity contribution in [3.8, 4) is 0 Å². The number of amides is 2. The number of nitrogens with zero attached hydrogens (tertiary/aromatic N) is 1. The fourth-order valence-corrected chi connectivity index (χ4v) is 4.20. The molecule has 0 saturated carbocycles. The topological polar surface area (TPSA) is 122 Å². The first-order valence-electron chi connectivity index (χ1n) is 9.29. The van der Waals surface area contributed by atoms with E-state index in [1.807, 2.05) is 6.92 Å². The van der Waals surface area contributed by atoms with Gasteiger partial charge in [-0.1, -0.05) is 13.0 Å². The molecule has 28 heavy (non-hydrogen) atoms. The third-order valence-electron chi connectivity index (χ3n) is 4.44. The van der Waals surface area contributed by atoms with Crippen LogP contribution in [-0.2, 0) is 19.6 Å². The van der Waals surface area contributed by atoms with Crippen LogP contribution in [0.2, 0.25) is 0 Å². The van der Waals surface area contributed by atoms with Gasteiger partial charge in [0.05, 0.1) is 4.90 Å². The summed E-state index contributed by atoms with van der Waals surface area (Å²) in [6, 6.07) is 5.52. The predicted octanol–water partition coefficient (Wildman–Crippen LogP) is 1.47. The van der Waals surface area contributed by atoms with Crippen LogP contribution in [-0.4, -0.2) is 50.8 Å². The molecule has 1 atom stereocenters. The average molecular weight is 433 g/mol. The minimum absolute atomic E-state index is 0. The Morgan fingerprint density at radius 3 is 2.71 bits per heavy atom. The number of anilines is 1. The number of nitrogens with one attached hydrogen (secondary N) is 2. The smallest absolute Gasteiger partial charge is 0.247 e. The summed E-state index contributed by atoms with van der Waals surface area (Å²) in [4.78, 5) is 26.7. The lowest BCUT2D eigenvalue weighted by molar-refractivity contribution is -0.140. The maximum absolute atomic E-state index is 12.7. The highest BCUT2D eigenvalue weighted by Gasteiger charge is 2.31. The Bertz CT molecular complexity index is 773. The van der Waals surface area contributed by atoms with Crippen molar-refractivity contribution in [3.05, 3.63) is 24.3 Å². The third-order valence-corrected chi connectivity index (χ3v) is 5.90. The molecular weight excluding hydrogens is 404 g/mol. The van der Waals surface area contributed by atoms with Gasteiger partial charge in [0.15, 0.2) is 0 Å². The molecule has 1 aromatic carbocycles. The standard InChI is InChI=1S/C18H28N4O4S.ClH/c1-2-6-17(23)22-12-4-3-9-16(22)18(24)21-14-7-5-8-15(13-14)27(25,26)20-11-10-19;/h5,7-8,13,16,20H,2-4,6,9-12,19H2,1H3,(H,21,24);1H. The molecule has 1 aliphatic rings. The molecule has 1 unspecified atom stereocenters. The summed E-state index contributed by atoms with van der Waals surface area (Å²) in [5.41, 5.74) is 5.71. The zero-order valence-electron chi connectivity index (χ0n) is 16.0. The molecule has 1 heterocycles. The molecule has 1 saturated heterocycles. The van der Waals surface area contributed by atoms with E-state index in [-0.39, 0.29) is 42.2 Å². The summed E-state index contributed by atoms with van der Waals surface area (Å²) in [5.74, 6) is -0.303. The van der Waals surface area contributed by atoms with Gasteiger partial charge in [-0.05, 0) is 43.9 Å². The molecule has 2 amide bonds. The van der Waals surface area contributed by atoms with Gasteiger partial charge >= 0.3 is 0 Å². The van der Waals surface area contributed by atoms with E-state index in [1.165, 1.54) is 12.1 Å². The van der Waals surface area contributed by atoms with E-state index in [0.29, 0.717) is 25.1 Å². The monoisotopic (exact) mass is 432 g/mol. The molecule has 0 bridgehead atoms. The van der Waals surface area contributed by atoms with Crippen LogP contribution in [0.5, 0.6) is 0 Å². The van der Waals surface area contributed by atoms with Crippen molar-refractivity contribution in [1.29, 1.82) is 0 Å². The Kier molecular flexibility index (Phi) is 9.88. The zero-order valence-corrected chi connectivity index (χ0v) is 17.7. The van der Waals surface area contributed by atoms with Gasteiger partial charge in [0, 0.05) is 31.7 Å². The highest BCUT2D eigenvalue weighted by molar-refractivity contribution is 7.89. The van der Waals surface area contributed by atoms with Crippen LogP contribution in [0.3, 0.4) is 0 Å². The number of sulfonamides is 1. The molecule has 1 aromatic rings. The Balaban J connectivity index is 0.00000392.